The van der Waals surface area contributed by atoms with E-state index in [9.17, 15) is 4.79 Å². The van der Waals surface area contributed by atoms with E-state index >= 15 is 0 Å². The fourth-order valence-electron chi connectivity index (χ4n) is 3.07. The lowest BCUT2D eigenvalue weighted by Crippen LogP contribution is -2.45. The van der Waals surface area contributed by atoms with Gasteiger partial charge in [-0.1, -0.05) is 19.0 Å². The van der Waals surface area contributed by atoms with Gasteiger partial charge in [0.25, 0.3) is 0 Å². The van der Waals surface area contributed by atoms with Crippen LogP contribution in [-0.2, 0) is 9.53 Å². The molecule has 2 saturated heterocycles. The molecule has 2 fully saturated rings. The molecule has 2 aliphatic heterocycles. The van der Waals surface area contributed by atoms with Gasteiger partial charge in [0.05, 0.1) is 19.1 Å². The molecular weight excluding hydrogens is 296 g/mol. The zero-order valence-corrected chi connectivity index (χ0v) is 14.0. The fourth-order valence-corrected chi connectivity index (χ4v) is 3.07. The zero-order chi connectivity index (χ0) is 16.2. The largest absolute Gasteiger partial charge is 0.379 e. The molecule has 0 saturated carbocycles. The lowest BCUT2D eigenvalue weighted by molar-refractivity contribution is -0.134. The number of ether oxygens (including phenoxy) is 1. The Morgan fingerprint density at radius 3 is 2.74 bits per heavy atom. The molecule has 0 aromatic carbocycles. The van der Waals surface area contributed by atoms with Crippen molar-refractivity contribution in [3.8, 4) is 0 Å². The molecule has 1 amide bonds. The molecular formula is C16H26N4O3. The summed E-state index contributed by atoms with van der Waals surface area (Å²) in [6.07, 6.45) is 1.36. The van der Waals surface area contributed by atoms with Gasteiger partial charge in [0.1, 0.15) is 0 Å². The van der Waals surface area contributed by atoms with Crippen molar-refractivity contribution in [1.29, 1.82) is 0 Å². The predicted octanol–water partition coefficient (Wildman–Crippen LogP) is 1.23. The average Bonchev–Trinajstić information content (AvgIpc) is 3.05. The Hall–Kier alpha value is -1.47. The van der Waals surface area contributed by atoms with Crippen LogP contribution in [0, 0.1) is 0 Å². The summed E-state index contributed by atoms with van der Waals surface area (Å²) < 4.78 is 10.8. The summed E-state index contributed by atoms with van der Waals surface area (Å²) in [6, 6.07) is 0. The van der Waals surface area contributed by atoms with Gasteiger partial charge in [0.15, 0.2) is 5.82 Å². The summed E-state index contributed by atoms with van der Waals surface area (Å²) in [6.45, 7) is 9.93. The number of piperidine rings is 1. The molecule has 0 spiro atoms. The summed E-state index contributed by atoms with van der Waals surface area (Å²) in [7, 11) is 0. The maximum absolute atomic E-state index is 12.2. The second kappa shape index (κ2) is 7.40. The number of amides is 1. The van der Waals surface area contributed by atoms with Crippen molar-refractivity contribution < 1.29 is 14.1 Å². The number of nitrogens with zero attached hydrogens (tertiary/aromatic N) is 4. The van der Waals surface area contributed by atoms with Crippen LogP contribution in [0.1, 0.15) is 50.2 Å². The quantitative estimate of drug-likeness (QED) is 0.812. The SMILES string of the molecule is CC(C)c1noc([C@@H]2CCC(=O)N(CCN3CCOCC3)C2)n1. The standard InChI is InChI=1S/C16H26N4O3/c1-12(2)15-17-16(23-18-15)13-3-4-14(21)20(11-13)6-5-19-7-9-22-10-8-19/h12-13H,3-11H2,1-2H3/t13-/m1/s1. The number of hydrogen-bond donors (Lipinski definition) is 0. The highest BCUT2D eigenvalue weighted by atomic mass is 16.5. The number of morpholine rings is 1. The van der Waals surface area contributed by atoms with E-state index in [4.69, 9.17) is 9.26 Å². The lowest BCUT2D eigenvalue weighted by atomic mass is 9.97. The smallest absolute Gasteiger partial charge is 0.231 e. The van der Waals surface area contributed by atoms with Crippen LogP contribution in [0.15, 0.2) is 4.52 Å². The molecule has 1 aromatic rings. The highest BCUT2D eigenvalue weighted by molar-refractivity contribution is 5.77. The van der Waals surface area contributed by atoms with Crippen LogP contribution in [0.3, 0.4) is 0 Å². The van der Waals surface area contributed by atoms with Gasteiger partial charge in [-0.15, -0.1) is 0 Å². The minimum absolute atomic E-state index is 0.164. The van der Waals surface area contributed by atoms with E-state index in [0.29, 0.717) is 18.9 Å². The molecule has 23 heavy (non-hydrogen) atoms. The van der Waals surface area contributed by atoms with E-state index in [-0.39, 0.29) is 17.7 Å². The maximum Gasteiger partial charge on any atom is 0.231 e. The molecule has 1 atom stereocenters. The van der Waals surface area contributed by atoms with Crippen LogP contribution < -0.4 is 0 Å². The number of carbonyl (C=O) groups is 1. The lowest BCUT2D eigenvalue weighted by Gasteiger charge is -2.34. The Labute approximate surface area is 137 Å². The monoisotopic (exact) mass is 322 g/mol. The Morgan fingerprint density at radius 1 is 1.26 bits per heavy atom. The van der Waals surface area contributed by atoms with E-state index in [1.807, 2.05) is 18.7 Å². The first kappa shape index (κ1) is 16.4. The molecule has 2 aliphatic rings. The van der Waals surface area contributed by atoms with Gasteiger partial charge in [0.2, 0.25) is 11.8 Å². The van der Waals surface area contributed by atoms with E-state index < -0.39 is 0 Å². The van der Waals surface area contributed by atoms with E-state index in [2.05, 4.69) is 15.0 Å². The molecule has 7 nitrogen and oxygen atoms in total. The van der Waals surface area contributed by atoms with Crippen molar-refractivity contribution in [2.45, 2.75) is 38.5 Å². The number of carbonyl (C=O) groups excluding carboxylic acids is 1. The first-order valence-electron chi connectivity index (χ1n) is 8.55. The molecule has 3 heterocycles. The molecule has 7 heteroatoms. The van der Waals surface area contributed by atoms with Crippen molar-refractivity contribution >= 4 is 5.91 Å². The van der Waals surface area contributed by atoms with Gasteiger partial charge in [-0.2, -0.15) is 4.98 Å². The Morgan fingerprint density at radius 2 is 2.04 bits per heavy atom. The van der Waals surface area contributed by atoms with Crippen molar-refractivity contribution in [3.63, 3.8) is 0 Å². The van der Waals surface area contributed by atoms with E-state index in [1.54, 1.807) is 0 Å². The van der Waals surface area contributed by atoms with Crippen LogP contribution in [0.4, 0.5) is 0 Å². The minimum Gasteiger partial charge on any atom is -0.379 e. The third-order valence-electron chi connectivity index (χ3n) is 4.61. The average molecular weight is 322 g/mol. The second-order valence-corrected chi connectivity index (χ2v) is 6.67. The topological polar surface area (TPSA) is 71.7 Å². The Kier molecular flexibility index (Phi) is 5.27. The third kappa shape index (κ3) is 4.09. The van der Waals surface area contributed by atoms with E-state index in [1.165, 1.54) is 0 Å². The summed E-state index contributed by atoms with van der Waals surface area (Å²) in [4.78, 5) is 21.0. The van der Waals surface area contributed by atoms with Gasteiger partial charge >= 0.3 is 0 Å². The molecule has 0 N–H and O–H groups in total. The first-order chi connectivity index (χ1) is 11.1. The van der Waals surface area contributed by atoms with Crippen molar-refractivity contribution in [1.82, 2.24) is 19.9 Å². The Bertz CT molecular complexity index is 525. The van der Waals surface area contributed by atoms with Gasteiger partial charge in [0, 0.05) is 45.1 Å². The summed E-state index contributed by atoms with van der Waals surface area (Å²) in [5.41, 5.74) is 0. The van der Waals surface area contributed by atoms with Gasteiger partial charge in [-0.3, -0.25) is 9.69 Å². The molecule has 1 aromatic heterocycles. The van der Waals surface area contributed by atoms with Crippen LogP contribution in [0.2, 0.25) is 0 Å². The highest BCUT2D eigenvalue weighted by Gasteiger charge is 2.30. The fraction of sp³-hybridized carbons (Fsp3) is 0.812. The molecule has 0 unspecified atom stereocenters. The van der Waals surface area contributed by atoms with Crippen molar-refractivity contribution in [2.24, 2.45) is 0 Å². The van der Waals surface area contributed by atoms with Crippen LogP contribution >= 0.6 is 0 Å². The second-order valence-electron chi connectivity index (χ2n) is 6.67. The summed E-state index contributed by atoms with van der Waals surface area (Å²) in [5, 5.41) is 4.04. The van der Waals surface area contributed by atoms with E-state index in [0.717, 1.165) is 51.6 Å². The van der Waals surface area contributed by atoms with Crippen LogP contribution in [0.5, 0.6) is 0 Å². The third-order valence-corrected chi connectivity index (χ3v) is 4.61. The molecule has 0 aliphatic carbocycles. The molecule has 0 radical (unpaired) electrons. The van der Waals surface area contributed by atoms with Crippen LogP contribution in [-0.4, -0.2) is 71.8 Å². The highest BCUT2D eigenvalue weighted by Crippen LogP contribution is 2.27. The number of hydrogen-bond acceptors (Lipinski definition) is 6. The molecule has 128 valence electrons. The number of likely N-dealkylation sites (tertiary alicyclic amines) is 1. The number of rotatable bonds is 5. The zero-order valence-electron chi connectivity index (χ0n) is 14.0. The van der Waals surface area contributed by atoms with Crippen LogP contribution in [0.25, 0.3) is 0 Å². The maximum atomic E-state index is 12.2. The summed E-state index contributed by atoms with van der Waals surface area (Å²) >= 11 is 0. The normalized spacial score (nSPS) is 23.7. The first-order valence-corrected chi connectivity index (χ1v) is 8.55. The summed E-state index contributed by atoms with van der Waals surface area (Å²) in [5.74, 6) is 2.08. The van der Waals surface area contributed by atoms with Crippen molar-refractivity contribution in [2.75, 3.05) is 45.9 Å². The predicted molar refractivity (Wildman–Crippen MR) is 84.2 cm³/mol. The molecule has 3 rings (SSSR count). The van der Waals surface area contributed by atoms with Gasteiger partial charge < -0.3 is 14.2 Å². The molecule has 0 bridgehead atoms. The van der Waals surface area contributed by atoms with Crippen molar-refractivity contribution in [3.05, 3.63) is 11.7 Å². The van der Waals surface area contributed by atoms with Gasteiger partial charge in [-0.25, -0.2) is 0 Å². The minimum atomic E-state index is 0.164. The number of aromatic nitrogens is 2. The van der Waals surface area contributed by atoms with Gasteiger partial charge in [-0.05, 0) is 6.42 Å². The Balaban J connectivity index is 1.56.